The topological polar surface area (TPSA) is 40.8 Å². The Balaban J connectivity index is 1.77. The van der Waals surface area contributed by atoms with Crippen molar-refractivity contribution >= 4 is 16.5 Å². The van der Waals surface area contributed by atoms with Crippen molar-refractivity contribution in [3.63, 3.8) is 0 Å². The van der Waals surface area contributed by atoms with Crippen LogP contribution in [0.15, 0.2) is 54.7 Å². The third-order valence-corrected chi connectivity index (χ3v) is 3.42. The molecular formula is C17H15N3. The van der Waals surface area contributed by atoms with Gasteiger partial charge in [0, 0.05) is 25.5 Å². The number of fused-ring (bicyclic) bond motifs is 1. The first-order chi connectivity index (χ1) is 9.76. The molecule has 0 atom stereocenters. The van der Waals surface area contributed by atoms with E-state index in [1.807, 2.05) is 36.0 Å². The Kier molecular flexibility index (Phi) is 3.14. The van der Waals surface area contributed by atoms with Crippen molar-refractivity contribution in [2.45, 2.75) is 6.54 Å². The van der Waals surface area contributed by atoms with Gasteiger partial charge in [-0.1, -0.05) is 30.3 Å². The molecule has 0 saturated carbocycles. The second-order valence-corrected chi connectivity index (χ2v) is 4.87. The van der Waals surface area contributed by atoms with Gasteiger partial charge in [-0.05, 0) is 34.5 Å². The SMILES string of the molecule is Cn1cc(CNc2ccc3ccccc3c2)cc1C#N. The van der Waals surface area contributed by atoms with Crippen LogP contribution in [0.5, 0.6) is 0 Å². The van der Waals surface area contributed by atoms with E-state index in [0.717, 1.165) is 11.3 Å². The Hall–Kier alpha value is -2.73. The molecule has 98 valence electrons. The van der Waals surface area contributed by atoms with Crippen molar-refractivity contribution in [2.75, 3.05) is 5.32 Å². The highest BCUT2D eigenvalue weighted by molar-refractivity contribution is 5.85. The molecular weight excluding hydrogens is 246 g/mol. The monoisotopic (exact) mass is 261 g/mol. The van der Waals surface area contributed by atoms with Gasteiger partial charge in [-0.15, -0.1) is 0 Å². The van der Waals surface area contributed by atoms with Crippen LogP contribution in [-0.2, 0) is 13.6 Å². The summed E-state index contributed by atoms with van der Waals surface area (Å²) in [4.78, 5) is 0. The highest BCUT2D eigenvalue weighted by atomic mass is 14.9. The van der Waals surface area contributed by atoms with Gasteiger partial charge in [-0.25, -0.2) is 0 Å². The van der Waals surface area contributed by atoms with E-state index in [1.165, 1.54) is 10.8 Å². The average Bonchev–Trinajstić information content (AvgIpc) is 2.85. The molecule has 0 aliphatic rings. The van der Waals surface area contributed by atoms with Gasteiger partial charge in [0.1, 0.15) is 11.8 Å². The summed E-state index contributed by atoms with van der Waals surface area (Å²) in [6.45, 7) is 0.716. The molecule has 3 rings (SSSR count). The fourth-order valence-corrected chi connectivity index (χ4v) is 2.34. The van der Waals surface area contributed by atoms with Crippen LogP contribution in [0.2, 0.25) is 0 Å². The Labute approximate surface area is 118 Å². The number of aromatic nitrogens is 1. The van der Waals surface area contributed by atoms with Gasteiger partial charge in [0.25, 0.3) is 0 Å². The zero-order valence-electron chi connectivity index (χ0n) is 11.3. The van der Waals surface area contributed by atoms with E-state index in [-0.39, 0.29) is 0 Å². The van der Waals surface area contributed by atoms with Crippen molar-refractivity contribution in [3.8, 4) is 6.07 Å². The van der Waals surface area contributed by atoms with Gasteiger partial charge in [-0.2, -0.15) is 5.26 Å². The Morgan fingerprint density at radius 3 is 2.65 bits per heavy atom. The lowest BCUT2D eigenvalue weighted by Crippen LogP contribution is -1.98. The first-order valence-corrected chi connectivity index (χ1v) is 6.54. The van der Waals surface area contributed by atoms with E-state index in [0.29, 0.717) is 12.2 Å². The van der Waals surface area contributed by atoms with Gasteiger partial charge < -0.3 is 9.88 Å². The van der Waals surface area contributed by atoms with Gasteiger partial charge in [0.2, 0.25) is 0 Å². The number of hydrogen-bond acceptors (Lipinski definition) is 2. The van der Waals surface area contributed by atoms with E-state index in [2.05, 4.69) is 41.7 Å². The molecule has 3 nitrogen and oxygen atoms in total. The van der Waals surface area contributed by atoms with Crippen molar-refractivity contribution < 1.29 is 0 Å². The highest BCUT2D eigenvalue weighted by Gasteiger charge is 2.02. The highest BCUT2D eigenvalue weighted by Crippen LogP contribution is 2.19. The van der Waals surface area contributed by atoms with Crippen molar-refractivity contribution in [3.05, 3.63) is 66.0 Å². The zero-order chi connectivity index (χ0) is 13.9. The maximum Gasteiger partial charge on any atom is 0.120 e. The molecule has 0 unspecified atom stereocenters. The van der Waals surface area contributed by atoms with Gasteiger partial charge in [0.05, 0.1) is 0 Å². The third kappa shape index (κ3) is 2.36. The lowest BCUT2D eigenvalue weighted by molar-refractivity contribution is 0.902. The van der Waals surface area contributed by atoms with Gasteiger partial charge in [0.15, 0.2) is 0 Å². The quantitative estimate of drug-likeness (QED) is 0.781. The Bertz CT molecular complexity index is 793. The molecule has 0 bridgehead atoms. The minimum Gasteiger partial charge on any atom is -0.381 e. The predicted molar refractivity (Wildman–Crippen MR) is 81.4 cm³/mol. The van der Waals surface area contributed by atoms with Crippen LogP contribution in [-0.4, -0.2) is 4.57 Å². The molecule has 1 aromatic heterocycles. The predicted octanol–water partition coefficient (Wildman–Crippen LogP) is 3.66. The van der Waals surface area contributed by atoms with Crippen molar-refractivity contribution in [2.24, 2.45) is 7.05 Å². The summed E-state index contributed by atoms with van der Waals surface area (Å²) in [7, 11) is 1.89. The summed E-state index contributed by atoms with van der Waals surface area (Å²) in [5.41, 5.74) is 2.88. The number of nitrogens with one attached hydrogen (secondary N) is 1. The number of hydrogen-bond donors (Lipinski definition) is 1. The van der Waals surface area contributed by atoms with Crippen LogP contribution in [0.25, 0.3) is 10.8 Å². The molecule has 1 N–H and O–H groups in total. The molecule has 0 amide bonds. The van der Waals surface area contributed by atoms with E-state index in [1.54, 1.807) is 0 Å². The lowest BCUT2D eigenvalue weighted by atomic mass is 10.1. The number of anilines is 1. The molecule has 0 aliphatic carbocycles. The fourth-order valence-electron chi connectivity index (χ4n) is 2.34. The van der Waals surface area contributed by atoms with Crippen LogP contribution in [0.3, 0.4) is 0 Å². The minimum atomic E-state index is 0.681. The van der Waals surface area contributed by atoms with E-state index < -0.39 is 0 Å². The van der Waals surface area contributed by atoms with Crippen LogP contribution in [0.4, 0.5) is 5.69 Å². The lowest BCUT2D eigenvalue weighted by Gasteiger charge is -2.06. The van der Waals surface area contributed by atoms with Crippen molar-refractivity contribution in [1.29, 1.82) is 5.26 Å². The molecule has 3 heteroatoms. The maximum atomic E-state index is 8.94. The second kappa shape index (κ2) is 5.10. The number of nitriles is 1. The standard InChI is InChI=1S/C17H15N3/c1-20-12-13(8-17(20)10-18)11-19-16-7-6-14-4-2-3-5-15(14)9-16/h2-9,12,19H,11H2,1H3. The molecule has 0 fully saturated rings. The van der Waals surface area contributed by atoms with Crippen LogP contribution in [0.1, 0.15) is 11.3 Å². The molecule has 1 heterocycles. The molecule has 2 aromatic carbocycles. The summed E-state index contributed by atoms with van der Waals surface area (Å²) in [6, 6.07) is 18.7. The third-order valence-electron chi connectivity index (χ3n) is 3.42. The minimum absolute atomic E-state index is 0.681. The van der Waals surface area contributed by atoms with Crippen molar-refractivity contribution in [1.82, 2.24) is 4.57 Å². The normalized spacial score (nSPS) is 10.4. The molecule has 0 aliphatic heterocycles. The molecule has 0 radical (unpaired) electrons. The van der Waals surface area contributed by atoms with Gasteiger partial charge >= 0.3 is 0 Å². The number of nitrogens with zero attached hydrogens (tertiary/aromatic N) is 2. The number of aryl methyl sites for hydroxylation is 1. The van der Waals surface area contributed by atoms with Crippen LogP contribution >= 0.6 is 0 Å². The summed E-state index contributed by atoms with van der Waals surface area (Å²) in [5, 5.41) is 14.8. The Morgan fingerprint density at radius 1 is 1.10 bits per heavy atom. The average molecular weight is 261 g/mol. The largest absolute Gasteiger partial charge is 0.381 e. The summed E-state index contributed by atoms with van der Waals surface area (Å²) < 4.78 is 1.84. The summed E-state index contributed by atoms with van der Waals surface area (Å²) >= 11 is 0. The maximum absolute atomic E-state index is 8.94. The fraction of sp³-hybridized carbons (Fsp3) is 0.118. The molecule has 0 spiro atoms. The van der Waals surface area contributed by atoms with Gasteiger partial charge in [-0.3, -0.25) is 0 Å². The van der Waals surface area contributed by atoms with E-state index >= 15 is 0 Å². The summed E-state index contributed by atoms with van der Waals surface area (Å²) in [5.74, 6) is 0. The number of benzene rings is 2. The smallest absolute Gasteiger partial charge is 0.120 e. The molecule has 20 heavy (non-hydrogen) atoms. The second-order valence-electron chi connectivity index (χ2n) is 4.87. The Morgan fingerprint density at radius 2 is 1.90 bits per heavy atom. The van der Waals surface area contributed by atoms with Crippen LogP contribution < -0.4 is 5.32 Å². The first kappa shape index (κ1) is 12.3. The van der Waals surface area contributed by atoms with E-state index in [4.69, 9.17) is 5.26 Å². The zero-order valence-corrected chi connectivity index (χ0v) is 11.3. The number of rotatable bonds is 3. The van der Waals surface area contributed by atoms with E-state index in [9.17, 15) is 0 Å². The molecule has 0 saturated heterocycles. The first-order valence-electron chi connectivity index (χ1n) is 6.54. The summed E-state index contributed by atoms with van der Waals surface area (Å²) in [6.07, 6.45) is 1.98. The molecule has 3 aromatic rings. The van der Waals surface area contributed by atoms with Crippen LogP contribution in [0, 0.1) is 11.3 Å².